The molecule has 3 heteroatoms. The Labute approximate surface area is 128 Å². The van der Waals surface area contributed by atoms with Crippen LogP contribution in [0.4, 0.5) is 0 Å². The van der Waals surface area contributed by atoms with Crippen molar-refractivity contribution >= 4 is 15.9 Å². The number of benzene rings is 2. The number of halogens is 1. The van der Waals surface area contributed by atoms with E-state index in [1.54, 1.807) is 0 Å². The minimum absolute atomic E-state index is 0.547. The van der Waals surface area contributed by atoms with Gasteiger partial charge in [-0.3, -0.25) is 0 Å². The summed E-state index contributed by atoms with van der Waals surface area (Å²) in [5, 5.41) is 0.747. The summed E-state index contributed by atoms with van der Waals surface area (Å²) in [5.74, 6) is 1.63. The monoisotopic (exact) mass is 334 g/mol. The largest absolute Gasteiger partial charge is 0.490 e. The Bertz CT molecular complexity index is 567. The maximum Gasteiger partial charge on any atom is 0.165 e. The molecule has 2 rings (SSSR count). The predicted octanol–water partition coefficient (Wildman–Crippen LogP) is 4.87. The lowest BCUT2D eigenvalue weighted by atomic mass is 10.1. The first-order chi connectivity index (χ1) is 9.74. The van der Waals surface area contributed by atoms with Crippen molar-refractivity contribution in [2.24, 2.45) is 0 Å². The van der Waals surface area contributed by atoms with Gasteiger partial charge in [-0.2, -0.15) is 0 Å². The van der Waals surface area contributed by atoms with Crippen molar-refractivity contribution in [3.63, 3.8) is 0 Å². The number of hydrogen-bond donors (Lipinski definition) is 0. The Balaban J connectivity index is 2.19. The first-order valence-electron chi connectivity index (χ1n) is 6.73. The second-order valence-corrected chi connectivity index (χ2v) is 5.15. The number of ether oxygens (including phenoxy) is 2. The molecule has 0 atom stereocenters. The van der Waals surface area contributed by atoms with Gasteiger partial charge in [0.2, 0.25) is 0 Å². The first kappa shape index (κ1) is 14.9. The molecule has 0 unspecified atom stereocenters. The fourth-order valence-electron chi connectivity index (χ4n) is 2.06. The van der Waals surface area contributed by atoms with Crippen molar-refractivity contribution in [1.29, 1.82) is 0 Å². The van der Waals surface area contributed by atoms with Gasteiger partial charge in [0.25, 0.3) is 0 Å². The Morgan fingerprint density at radius 3 is 2.55 bits per heavy atom. The van der Waals surface area contributed by atoms with Gasteiger partial charge >= 0.3 is 0 Å². The third-order valence-electron chi connectivity index (χ3n) is 2.97. The van der Waals surface area contributed by atoms with Crippen LogP contribution in [0.5, 0.6) is 11.5 Å². The average Bonchev–Trinajstić information content (AvgIpc) is 2.46. The van der Waals surface area contributed by atoms with E-state index < -0.39 is 0 Å². The quantitative estimate of drug-likeness (QED) is 0.702. The minimum atomic E-state index is 0.547. The maximum absolute atomic E-state index is 6.00. The van der Waals surface area contributed by atoms with Gasteiger partial charge in [0.1, 0.15) is 6.61 Å². The first-order valence-corrected chi connectivity index (χ1v) is 7.85. The summed E-state index contributed by atoms with van der Waals surface area (Å²) in [6, 6.07) is 14.3. The van der Waals surface area contributed by atoms with Crippen LogP contribution in [0.25, 0.3) is 0 Å². The highest BCUT2D eigenvalue weighted by Gasteiger charge is 2.10. The van der Waals surface area contributed by atoms with E-state index in [9.17, 15) is 0 Å². The lowest BCUT2D eigenvalue weighted by Gasteiger charge is -2.15. The summed E-state index contributed by atoms with van der Waals surface area (Å²) in [5.41, 5.74) is 3.50. The third-order valence-corrected chi connectivity index (χ3v) is 3.57. The molecule has 106 valence electrons. The summed E-state index contributed by atoms with van der Waals surface area (Å²) < 4.78 is 11.6. The van der Waals surface area contributed by atoms with Crippen LogP contribution in [-0.2, 0) is 11.9 Å². The summed E-state index contributed by atoms with van der Waals surface area (Å²) in [4.78, 5) is 0. The van der Waals surface area contributed by atoms with E-state index in [1.165, 1.54) is 5.56 Å². The zero-order chi connectivity index (χ0) is 14.4. The normalized spacial score (nSPS) is 10.3. The molecule has 20 heavy (non-hydrogen) atoms. The maximum atomic E-state index is 6.00. The van der Waals surface area contributed by atoms with Crippen molar-refractivity contribution in [1.82, 2.24) is 0 Å². The molecular weight excluding hydrogens is 316 g/mol. The highest BCUT2D eigenvalue weighted by molar-refractivity contribution is 9.08. The smallest absolute Gasteiger partial charge is 0.165 e. The van der Waals surface area contributed by atoms with Gasteiger partial charge in [0.15, 0.2) is 11.5 Å². The molecule has 0 spiro atoms. The molecule has 0 aliphatic heterocycles. The molecule has 0 aliphatic rings. The van der Waals surface area contributed by atoms with E-state index >= 15 is 0 Å². The third kappa shape index (κ3) is 3.76. The molecule has 0 saturated carbocycles. The molecule has 0 radical (unpaired) electrons. The van der Waals surface area contributed by atoms with E-state index in [2.05, 4.69) is 41.1 Å². The van der Waals surface area contributed by atoms with Gasteiger partial charge in [-0.25, -0.2) is 0 Å². The minimum Gasteiger partial charge on any atom is -0.490 e. The molecule has 0 aromatic heterocycles. The Hall–Kier alpha value is -1.48. The molecule has 0 aliphatic carbocycles. The Morgan fingerprint density at radius 1 is 1.05 bits per heavy atom. The van der Waals surface area contributed by atoms with E-state index in [0.29, 0.717) is 13.2 Å². The van der Waals surface area contributed by atoms with E-state index in [1.807, 2.05) is 31.2 Å². The van der Waals surface area contributed by atoms with Gasteiger partial charge < -0.3 is 9.47 Å². The highest BCUT2D eigenvalue weighted by atomic mass is 79.9. The second kappa shape index (κ2) is 7.34. The summed E-state index contributed by atoms with van der Waals surface area (Å²) in [6.07, 6.45) is 0. The number of rotatable bonds is 6. The molecule has 0 amide bonds. The predicted molar refractivity (Wildman–Crippen MR) is 85.8 cm³/mol. The van der Waals surface area contributed by atoms with Gasteiger partial charge in [-0.1, -0.05) is 57.9 Å². The fraction of sp³-hybridized carbons (Fsp3) is 0.294. The second-order valence-electron chi connectivity index (χ2n) is 4.59. The lowest BCUT2D eigenvalue weighted by Crippen LogP contribution is -2.02. The van der Waals surface area contributed by atoms with Crippen LogP contribution in [0.3, 0.4) is 0 Å². The lowest BCUT2D eigenvalue weighted by molar-refractivity contribution is 0.267. The zero-order valence-electron chi connectivity index (χ0n) is 11.9. The standard InChI is InChI=1S/C17H19BrO2/c1-3-19-16-9-5-8-15(11-18)17(16)20-12-14-7-4-6-13(2)10-14/h4-10H,3,11-12H2,1-2H3. The van der Waals surface area contributed by atoms with Crippen LogP contribution >= 0.6 is 15.9 Å². The summed E-state index contributed by atoms with van der Waals surface area (Å²) in [6.45, 7) is 5.24. The number of aryl methyl sites for hydroxylation is 1. The molecule has 0 saturated heterocycles. The van der Waals surface area contributed by atoms with Crippen LogP contribution in [0.1, 0.15) is 23.6 Å². The number of para-hydroxylation sites is 1. The van der Waals surface area contributed by atoms with Crippen molar-refractivity contribution < 1.29 is 9.47 Å². The Morgan fingerprint density at radius 2 is 1.85 bits per heavy atom. The molecule has 2 aromatic rings. The zero-order valence-corrected chi connectivity index (χ0v) is 13.4. The van der Waals surface area contributed by atoms with Gasteiger partial charge in [-0.15, -0.1) is 0 Å². The average molecular weight is 335 g/mol. The van der Waals surface area contributed by atoms with E-state index in [-0.39, 0.29) is 0 Å². The van der Waals surface area contributed by atoms with Crippen LogP contribution < -0.4 is 9.47 Å². The molecule has 2 nitrogen and oxygen atoms in total. The van der Waals surface area contributed by atoms with Gasteiger partial charge in [-0.05, 0) is 25.5 Å². The molecule has 0 fully saturated rings. The summed E-state index contributed by atoms with van der Waals surface area (Å²) >= 11 is 3.50. The molecule has 0 bridgehead atoms. The topological polar surface area (TPSA) is 18.5 Å². The molecule has 2 aromatic carbocycles. The molecular formula is C17H19BrO2. The van der Waals surface area contributed by atoms with Gasteiger partial charge in [0.05, 0.1) is 6.61 Å². The molecule has 0 heterocycles. The van der Waals surface area contributed by atoms with Crippen molar-refractivity contribution in [2.45, 2.75) is 25.8 Å². The SMILES string of the molecule is CCOc1cccc(CBr)c1OCc1cccc(C)c1. The van der Waals surface area contributed by atoms with E-state index in [4.69, 9.17) is 9.47 Å². The van der Waals surface area contributed by atoms with Crippen LogP contribution in [0.2, 0.25) is 0 Å². The van der Waals surface area contributed by atoms with Crippen molar-refractivity contribution in [3.8, 4) is 11.5 Å². The van der Waals surface area contributed by atoms with E-state index in [0.717, 1.165) is 28.0 Å². The van der Waals surface area contributed by atoms with Crippen molar-refractivity contribution in [3.05, 3.63) is 59.2 Å². The van der Waals surface area contributed by atoms with Crippen LogP contribution in [0, 0.1) is 6.92 Å². The summed E-state index contributed by atoms with van der Waals surface area (Å²) in [7, 11) is 0. The Kier molecular flexibility index (Phi) is 5.48. The van der Waals surface area contributed by atoms with Crippen LogP contribution in [0.15, 0.2) is 42.5 Å². The highest BCUT2D eigenvalue weighted by Crippen LogP contribution is 2.33. The number of alkyl halides is 1. The fourth-order valence-corrected chi connectivity index (χ4v) is 2.50. The van der Waals surface area contributed by atoms with Crippen LogP contribution in [-0.4, -0.2) is 6.61 Å². The van der Waals surface area contributed by atoms with Crippen molar-refractivity contribution in [2.75, 3.05) is 6.61 Å². The van der Waals surface area contributed by atoms with Gasteiger partial charge in [0, 0.05) is 10.9 Å². The molecule has 0 N–H and O–H groups in total. The number of hydrogen-bond acceptors (Lipinski definition) is 2.